The van der Waals surface area contributed by atoms with Crippen molar-refractivity contribution in [3.8, 4) is 0 Å². The number of hydrogen-bond donors (Lipinski definition) is 0. The van der Waals surface area contributed by atoms with Gasteiger partial charge in [0.15, 0.2) is 0 Å². The molecule has 0 radical (unpaired) electrons. The molecule has 5 heteroatoms. The van der Waals surface area contributed by atoms with Crippen molar-refractivity contribution in [3.63, 3.8) is 0 Å². The Bertz CT molecular complexity index is 162. The third-order valence-electron chi connectivity index (χ3n) is 2.81. The van der Waals surface area contributed by atoms with E-state index in [0.29, 0.717) is 42.1 Å². The molecule has 0 aromatic carbocycles. The first kappa shape index (κ1) is 16.8. The van der Waals surface area contributed by atoms with Crippen molar-refractivity contribution < 1.29 is 44.6 Å². The van der Waals surface area contributed by atoms with Crippen LogP contribution in [0.4, 0.5) is 0 Å². The first-order valence-electron chi connectivity index (χ1n) is 5.46. The van der Waals surface area contributed by atoms with Gasteiger partial charge in [-0.05, 0) is 0 Å². The van der Waals surface area contributed by atoms with Gasteiger partial charge in [-0.1, -0.05) is 0 Å². The summed E-state index contributed by atoms with van der Waals surface area (Å²) in [5.41, 5.74) is 0.285. The monoisotopic (exact) mass is 459 g/mol. The molecule has 0 amide bonds. The van der Waals surface area contributed by atoms with Crippen LogP contribution in [0, 0.1) is 0 Å². The normalized spacial score (nSPS) is 18.3. The van der Waals surface area contributed by atoms with Crippen molar-refractivity contribution in [3.05, 3.63) is 0 Å². The number of rotatable bonds is 8. The van der Waals surface area contributed by atoms with Gasteiger partial charge in [0.2, 0.25) is 0 Å². The number of alkyl halides is 2. The van der Waals surface area contributed by atoms with Crippen molar-refractivity contribution in [1.29, 1.82) is 0 Å². The van der Waals surface area contributed by atoms with E-state index in [0.717, 1.165) is 0 Å². The zero-order chi connectivity index (χ0) is 11.9. The van der Waals surface area contributed by atoms with Crippen LogP contribution < -0.4 is 42.1 Å². The second kappa shape index (κ2) is 8.84. The Morgan fingerprint density at radius 1 is 1.20 bits per heavy atom. The van der Waals surface area contributed by atoms with Gasteiger partial charge in [0.05, 0.1) is 0 Å². The van der Waals surface area contributed by atoms with Gasteiger partial charge in [0.1, 0.15) is 0 Å². The first-order chi connectivity index (χ1) is 7.03. The maximum atomic E-state index is 2.60. The molecule has 0 rings (SSSR count). The number of halogens is 2. The van der Waals surface area contributed by atoms with Gasteiger partial charge in [-0.25, -0.2) is 0 Å². The molecular weight excluding hydrogens is 433 g/mol. The average Bonchev–Trinajstić information content (AvgIpc) is 2.29. The minimum atomic E-state index is 0.285. The molecule has 0 aliphatic carbocycles. The van der Waals surface area contributed by atoms with E-state index in [1.807, 2.05) is 0 Å². The van der Waals surface area contributed by atoms with E-state index >= 15 is 0 Å². The molecule has 0 bridgehead atoms. The van der Waals surface area contributed by atoms with Crippen LogP contribution in [0.3, 0.4) is 0 Å². The van der Waals surface area contributed by atoms with Crippen molar-refractivity contribution >= 4 is 5.71 Å². The predicted octanol–water partition coefficient (Wildman–Crippen LogP) is -3.58. The molecule has 0 aromatic heterocycles. The SMILES string of the molecule is CCN(CC)C[I-]P(C)[N+](C)(CC)[I-]C. The topological polar surface area (TPSA) is 3.24 Å². The van der Waals surface area contributed by atoms with E-state index in [-0.39, 0.29) is 5.71 Å². The Labute approximate surface area is 118 Å². The third kappa shape index (κ3) is 5.80. The van der Waals surface area contributed by atoms with Gasteiger partial charge < -0.3 is 0 Å². The average molecular weight is 459 g/mol. The Morgan fingerprint density at radius 2 is 1.73 bits per heavy atom. The Kier molecular flexibility index (Phi) is 9.90. The van der Waals surface area contributed by atoms with Crippen LogP contribution >= 0.6 is 5.71 Å². The zero-order valence-electron chi connectivity index (χ0n) is 10.9. The van der Waals surface area contributed by atoms with Gasteiger partial charge >= 0.3 is 119 Å². The molecule has 2 unspecified atom stereocenters. The van der Waals surface area contributed by atoms with Crippen molar-refractivity contribution in [2.75, 3.05) is 42.8 Å². The number of quaternary nitrogens is 1. The first-order valence-corrected chi connectivity index (χ1v) is 14.6. The van der Waals surface area contributed by atoms with Crippen molar-refractivity contribution in [1.82, 2.24) is 4.90 Å². The summed E-state index contributed by atoms with van der Waals surface area (Å²) in [7, 11) is 2.49. The molecule has 15 heavy (non-hydrogen) atoms. The third-order valence-corrected chi connectivity index (χ3v) is 20.6. The van der Waals surface area contributed by atoms with Gasteiger partial charge in [-0.2, -0.15) is 0 Å². The molecule has 0 fully saturated rings. The summed E-state index contributed by atoms with van der Waals surface area (Å²) in [6.07, 6.45) is 0. The summed E-state index contributed by atoms with van der Waals surface area (Å²) in [6.45, 7) is 13.3. The van der Waals surface area contributed by atoms with Crippen LogP contribution in [-0.2, 0) is 0 Å². The molecule has 0 aromatic rings. The van der Waals surface area contributed by atoms with Gasteiger partial charge in [0, 0.05) is 0 Å². The van der Waals surface area contributed by atoms with E-state index in [1.165, 1.54) is 26.7 Å². The number of nitrogens with zero attached hydrogens (tertiary/aromatic N) is 2. The van der Waals surface area contributed by atoms with Gasteiger partial charge in [-0.15, -0.1) is 0 Å². The molecule has 0 aliphatic heterocycles. The quantitative estimate of drug-likeness (QED) is 0.119. The summed E-state index contributed by atoms with van der Waals surface area (Å²) in [4.78, 5) is 5.04. The van der Waals surface area contributed by atoms with E-state index in [1.54, 1.807) is 0 Å². The van der Waals surface area contributed by atoms with Gasteiger partial charge in [-0.3, -0.25) is 0 Å². The van der Waals surface area contributed by atoms with Crippen molar-refractivity contribution in [2.45, 2.75) is 20.8 Å². The van der Waals surface area contributed by atoms with Crippen LogP contribution in [-0.4, -0.2) is 50.2 Å². The molecule has 0 saturated heterocycles. The minimum absolute atomic E-state index is 0.285. The fourth-order valence-electron chi connectivity index (χ4n) is 1.08. The van der Waals surface area contributed by atoms with E-state index in [4.69, 9.17) is 0 Å². The van der Waals surface area contributed by atoms with Gasteiger partial charge in [0.25, 0.3) is 0 Å². The molecule has 0 spiro atoms. The molecule has 96 valence electrons. The molecule has 2 nitrogen and oxygen atoms in total. The Morgan fingerprint density at radius 3 is 2.07 bits per heavy atom. The summed E-state index contributed by atoms with van der Waals surface area (Å²) in [6, 6.07) is 0. The summed E-state index contributed by atoms with van der Waals surface area (Å²) in [5.74, 6) is 0. The maximum absolute atomic E-state index is 2.60. The molecule has 0 N–H and O–H groups in total. The zero-order valence-corrected chi connectivity index (χ0v) is 16.1. The molecule has 0 heterocycles. The summed E-state index contributed by atoms with van der Waals surface area (Å²) in [5, 5.41) is 0. The van der Waals surface area contributed by atoms with Crippen LogP contribution in [0.2, 0.25) is 0 Å². The van der Waals surface area contributed by atoms with E-state index in [2.05, 4.69) is 44.3 Å². The predicted molar refractivity (Wildman–Crippen MR) is 63.3 cm³/mol. The Hall–Kier alpha value is 1.81. The fraction of sp³-hybridized carbons (Fsp3) is 1.00. The van der Waals surface area contributed by atoms with Crippen LogP contribution in [0.25, 0.3) is 0 Å². The van der Waals surface area contributed by atoms with Crippen LogP contribution in [0.15, 0.2) is 0 Å². The molecule has 2 atom stereocenters. The Balaban J connectivity index is 4.06. The summed E-state index contributed by atoms with van der Waals surface area (Å²) >= 11 is 0.749. The van der Waals surface area contributed by atoms with Crippen LogP contribution in [0.1, 0.15) is 20.8 Å². The second-order valence-corrected chi connectivity index (χ2v) is 16.3. The van der Waals surface area contributed by atoms with E-state index < -0.39 is 0 Å². The van der Waals surface area contributed by atoms with Crippen molar-refractivity contribution in [2.24, 2.45) is 0 Å². The van der Waals surface area contributed by atoms with E-state index in [9.17, 15) is 0 Å². The molecule has 0 aliphatic rings. The fourth-order valence-corrected chi connectivity index (χ4v) is 16.7. The standard InChI is InChI=1S/C10H26I2N2P/c1-7-13(8-2)10-12-15(6)14(5,9-3)11-4/h7-10H2,1-6H3/q-1. The molecule has 0 saturated carbocycles. The summed E-state index contributed by atoms with van der Waals surface area (Å²) < 4.78 is 2.84. The second-order valence-electron chi connectivity index (χ2n) is 3.49. The van der Waals surface area contributed by atoms with Crippen LogP contribution in [0.5, 0.6) is 0 Å². The number of hydrogen-bond acceptors (Lipinski definition) is 1. The molecular formula is C10H26I2N2P-.